The first-order valence-corrected chi connectivity index (χ1v) is 7.28. The number of hydrogen-bond donors (Lipinski definition) is 0. The van der Waals surface area contributed by atoms with Gasteiger partial charge >= 0.3 is 7.12 Å². The molecule has 0 amide bonds. The van der Waals surface area contributed by atoms with Gasteiger partial charge in [-0.05, 0) is 57.1 Å². The van der Waals surface area contributed by atoms with E-state index in [0.29, 0.717) is 0 Å². The van der Waals surface area contributed by atoms with Crippen LogP contribution < -0.4 is 5.46 Å². The Morgan fingerprint density at radius 2 is 1.53 bits per heavy atom. The van der Waals surface area contributed by atoms with E-state index in [4.69, 9.17) is 9.31 Å². The lowest BCUT2D eigenvalue weighted by atomic mass is 9.74. The molecule has 1 aliphatic rings. The van der Waals surface area contributed by atoms with Crippen molar-refractivity contribution in [3.05, 3.63) is 29.3 Å². The molecule has 1 aliphatic heterocycles. The number of aryl methyl sites for hydroxylation is 2. The molecule has 1 aromatic rings. The fourth-order valence-corrected chi connectivity index (χ4v) is 2.38. The van der Waals surface area contributed by atoms with Crippen LogP contribution in [0.2, 0.25) is 0 Å². The summed E-state index contributed by atoms with van der Waals surface area (Å²) in [7, 11) is -0.244. The second kappa shape index (κ2) is 4.95. The Bertz CT molecular complexity index is 450. The summed E-state index contributed by atoms with van der Waals surface area (Å²) in [5, 5.41) is 0. The molecule has 19 heavy (non-hydrogen) atoms. The van der Waals surface area contributed by atoms with Crippen LogP contribution in [0, 0.1) is 0 Å². The van der Waals surface area contributed by atoms with Crippen LogP contribution >= 0.6 is 0 Å². The highest BCUT2D eigenvalue weighted by Crippen LogP contribution is 2.36. The molecule has 0 atom stereocenters. The minimum atomic E-state index is -0.273. The van der Waals surface area contributed by atoms with Gasteiger partial charge in [-0.1, -0.05) is 32.0 Å². The van der Waals surface area contributed by atoms with Gasteiger partial charge < -0.3 is 9.31 Å². The van der Waals surface area contributed by atoms with Crippen molar-refractivity contribution in [2.75, 3.05) is 0 Å². The maximum absolute atomic E-state index is 6.17. The van der Waals surface area contributed by atoms with E-state index >= 15 is 0 Å². The molecule has 0 saturated carbocycles. The number of benzene rings is 1. The van der Waals surface area contributed by atoms with Crippen LogP contribution in [-0.4, -0.2) is 18.3 Å². The first-order chi connectivity index (χ1) is 8.80. The zero-order valence-corrected chi connectivity index (χ0v) is 13.0. The molecule has 0 spiro atoms. The van der Waals surface area contributed by atoms with Crippen molar-refractivity contribution in [2.24, 2.45) is 0 Å². The Morgan fingerprint density at radius 3 is 2.00 bits per heavy atom. The van der Waals surface area contributed by atoms with Crippen molar-refractivity contribution >= 4 is 12.6 Å². The smallest absolute Gasteiger partial charge is 0.399 e. The van der Waals surface area contributed by atoms with Gasteiger partial charge in [0.05, 0.1) is 11.2 Å². The van der Waals surface area contributed by atoms with Crippen LogP contribution in [0.4, 0.5) is 0 Å². The molecule has 1 heterocycles. The third-order valence-corrected chi connectivity index (χ3v) is 4.51. The minimum absolute atomic E-state index is 0.244. The van der Waals surface area contributed by atoms with Gasteiger partial charge in [0.15, 0.2) is 0 Å². The predicted molar refractivity (Wildman–Crippen MR) is 80.9 cm³/mol. The van der Waals surface area contributed by atoms with Crippen molar-refractivity contribution < 1.29 is 9.31 Å². The Kier molecular flexibility index (Phi) is 3.81. The molecule has 104 valence electrons. The maximum Gasteiger partial charge on any atom is 0.495 e. The zero-order chi connectivity index (χ0) is 14.3. The average Bonchev–Trinajstić information content (AvgIpc) is 2.57. The lowest BCUT2D eigenvalue weighted by Crippen LogP contribution is -2.41. The van der Waals surface area contributed by atoms with Crippen molar-refractivity contribution in [3.63, 3.8) is 0 Å². The zero-order valence-electron chi connectivity index (χ0n) is 13.0. The minimum Gasteiger partial charge on any atom is -0.399 e. The van der Waals surface area contributed by atoms with Crippen LogP contribution in [0.15, 0.2) is 18.2 Å². The van der Waals surface area contributed by atoms with Gasteiger partial charge in [0.2, 0.25) is 0 Å². The molecular formula is C16H25BO2. The molecule has 0 aliphatic carbocycles. The molecule has 0 bridgehead atoms. The van der Waals surface area contributed by atoms with E-state index in [0.717, 1.165) is 12.8 Å². The molecule has 1 fully saturated rings. The molecule has 3 heteroatoms. The molecule has 0 aromatic heterocycles. The van der Waals surface area contributed by atoms with Gasteiger partial charge in [0.1, 0.15) is 0 Å². The molecular weight excluding hydrogens is 235 g/mol. The number of rotatable bonds is 3. The monoisotopic (exact) mass is 260 g/mol. The van der Waals surface area contributed by atoms with Crippen molar-refractivity contribution in [1.29, 1.82) is 0 Å². The van der Waals surface area contributed by atoms with Gasteiger partial charge in [-0.3, -0.25) is 0 Å². The second-order valence-electron chi connectivity index (χ2n) is 6.33. The Morgan fingerprint density at radius 1 is 0.947 bits per heavy atom. The van der Waals surface area contributed by atoms with E-state index in [1.807, 2.05) is 0 Å². The van der Waals surface area contributed by atoms with E-state index in [1.54, 1.807) is 0 Å². The van der Waals surface area contributed by atoms with Gasteiger partial charge in [-0.2, -0.15) is 0 Å². The lowest BCUT2D eigenvalue weighted by molar-refractivity contribution is 0.00578. The van der Waals surface area contributed by atoms with Crippen LogP contribution in [-0.2, 0) is 22.2 Å². The van der Waals surface area contributed by atoms with Gasteiger partial charge in [-0.15, -0.1) is 0 Å². The highest BCUT2D eigenvalue weighted by molar-refractivity contribution is 6.62. The SMILES string of the molecule is CCc1ccc(CC)c(B2OC(C)(C)C(C)(C)O2)c1. The molecule has 1 aromatic carbocycles. The van der Waals surface area contributed by atoms with Crippen molar-refractivity contribution in [2.45, 2.75) is 65.6 Å². The molecule has 2 nitrogen and oxygen atoms in total. The fraction of sp³-hybridized carbons (Fsp3) is 0.625. The molecule has 0 N–H and O–H groups in total. The summed E-state index contributed by atoms with van der Waals surface area (Å²) in [5.41, 5.74) is 3.30. The van der Waals surface area contributed by atoms with E-state index in [-0.39, 0.29) is 18.3 Å². The van der Waals surface area contributed by atoms with E-state index in [9.17, 15) is 0 Å². The summed E-state index contributed by atoms with van der Waals surface area (Å²) < 4.78 is 12.3. The third-order valence-electron chi connectivity index (χ3n) is 4.51. The lowest BCUT2D eigenvalue weighted by Gasteiger charge is -2.32. The molecule has 0 radical (unpaired) electrons. The second-order valence-corrected chi connectivity index (χ2v) is 6.33. The summed E-state index contributed by atoms with van der Waals surface area (Å²) in [6, 6.07) is 6.65. The van der Waals surface area contributed by atoms with Crippen molar-refractivity contribution in [1.82, 2.24) is 0 Å². The molecule has 0 unspecified atom stereocenters. The Balaban J connectivity index is 2.38. The highest BCUT2D eigenvalue weighted by atomic mass is 16.7. The summed E-state index contributed by atoms with van der Waals surface area (Å²) >= 11 is 0. The van der Waals surface area contributed by atoms with Crippen LogP contribution in [0.25, 0.3) is 0 Å². The third kappa shape index (κ3) is 2.59. The highest BCUT2D eigenvalue weighted by Gasteiger charge is 2.52. The van der Waals surface area contributed by atoms with Gasteiger partial charge in [-0.25, -0.2) is 0 Å². The van der Waals surface area contributed by atoms with Crippen LogP contribution in [0.1, 0.15) is 52.7 Å². The van der Waals surface area contributed by atoms with Crippen molar-refractivity contribution in [3.8, 4) is 0 Å². The summed E-state index contributed by atoms with van der Waals surface area (Å²) in [4.78, 5) is 0. The normalized spacial score (nSPS) is 20.8. The van der Waals surface area contributed by atoms with Gasteiger partial charge in [0.25, 0.3) is 0 Å². The van der Waals surface area contributed by atoms with E-state index in [1.165, 1.54) is 16.6 Å². The maximum atomic E-state index is 6.17. The standard InChI is InChI=1S/C16H25BO2/c1-7-12-9-10-13(8-2)14(11-12)17-18-15(3,4)16(5,6)19-17/h9-11H,7-8H2,1-6H3. The topological polar surface area (TPSA) is 18.5 Å². The molecule has 2 rings (SSSR count). The Labute approximate surface area is 117 Å². The van der Waals surface area contributed by atoms with Crippen LogP contribution in [0.5, 0.6) is 0 Å². The average molecular weight is 260 g/mol. The largest absolute Gasteiger partial charge is 0.495 e. The Hall–Kier alpha value is -0.795. The van der Waals surface area contributed by atoms with Gasteiger partial charge in [0, 0.05) is 0 Å². The van der Waals surface area contributed by atoms with E-state index in [2.05, 4.69) is 59.7 Å². The summed E-state index contributed by atoms with van der Waals surface area (Å²) in [5.74, 6) is 0. The van der Waals surface area contributed by atoms with E-state index < -0.39 is 0 Å². The molecule has 1 saturated heterocycles. The first kappa shape index (κ1) is 14.6. The number of hydrogen-bond acceptors (Lipinski definition) is 2. The predicted octanol–water partition coefficient (Wildman–Crippen LogP) is 3.11. The summed E-state index contributed by atoms with van der Waals surface area (Å²) in [6.45, 7) is 12.7. The fourth-order valence-electron chi connectivity index (χ4n) is 2.38. The first-order valence-electron chi connectivity index (χ1n) is 7.28. The van der Waals surface area contributed by atoms with Crippen LogP contribution in [0.3, 0.4) is 0 Å². The summed E-state index contributed by atoms with van der Waals surface area (Å²) in [6.07, 6.45) is 2.04. The quantitative estimate of drug-likeness (QED) is 0.777.